The number of rotatable bonds is 4. The molecule has 3 aromatic rings. The van der Waals surface area contributed by atoms with E-state index in [1.807, 2.05) is 18.2 Å². The number of halogens is 1. The number of nitrogens with zero attached hydrogens (tertiary/aromatic N) is 1. The Morgan fingerprint density at radius 2 is 2.14 bits per heavy atom. The van der Waals surface area contributed by atoms with Crippen molar-refractivity contribution in [1.29, 1.82) is 0 Å². The van der Waals surface area contributed by atoms with Crippen LogP contribution < -0.4 is 5.32 Å². The number of nitrogens with one attached hydrogen (secondary N) is 1. The number of hydrogen-bond donors (Lipinski definition) is 1. The highest BCUT2D eigenvalue weighted by Gasteiger charge is 2.21. The molecule has 0 spiro atoms. The zero-order valence-corrected chi connectivity index (χ0v) is 13.6. The SMILES string of the molecule is CCNC(c1cc2cc(C)ccc2o1)c1ncccc1Br. The Balaban J connectivity index is 2.09. The Hall–Kier alpha value is -1.65. The Kier molecular flexibility index (Phi) is 4.08. The maximum absolute atomic E-state index is 6.02. The molecule has 1 N–H and O–H groups in total. The predicted molar refractivity (Wildman–Crippen MR) is 88.4 cm³/mol. The van der Waals surface area contributed by atoms with Crippen LogP contribution in [0.3, 0.4) is 0 Å². The summed E-state index contributed by atoms with van der Waals surface area (Å²) in [7, 11) is 0. The van der Waals surface area contributed by atoms with Crippen molar-refractivity contribution in [2.75, 3.05) is 6.54 Å². The van der Waals surface area contributed by atoms with Crippen molar-refractivity contribution in [3.8, 4) is 0 Å². The molecular weight excluding hydrogens is 328 g/mol. The molecule has 2 aromatic heterocycles. The van der Waals surface area contributed by atoms with Gasteiger partial charge in [0.1, 0.15) is 17.4 Å². The lowest BCUT2D eigenvalue weighted by atomic mass is 10.1. The summed E-state index contributed by atoms with van der Waals surface area (Å²) in [6.45, 7) is 5.00. The van der Waals surface area contributed by atoms with E-state index >= 15 is 0 Å². The smallest absolute Gasteiger partial charge is 0.134 e. The second kappa shape index (κ2) is 6.00. The normalized spacial score (nSPS) is 12.7. The second-order valence-corrected chi connectivity index (χ2v) is 5.91. The van der Waals surface area contributed by atoms with Crippen molar-refractivity contribution in [3.05, 3.63) is 64.1 Å². The van der Waals surface area contributed by atoms with E-state index in [0.717, 1.165) is 33.4 Å². The fourth-order valence-corrected chi connectivity index (χ4v) is 2.96. The Morgan fingerprint density at radius 3 is 2.90 bits per heavy atom. The minimum absolute atomic E-state index is 0.0571. The second-order valence-electron chi connectivity index (χ2n) is 5.05. The first-order valence-corrected chi connectivity index (χ1v) is 7.82. The monoisotopic (exact) mass is 344 g/mol. The summed E-state index contributed by atoms with van der Waals surface area (Å²) in [5, 5.41) is 4.57. The van der Waals surface area contributed by atoms with Crippen LogP contribution in [0.1, 0.15) is 30.0 Å². The van der Waals surface area contributed by atoms with E-state index in [-0.39, 0.29) is 6.04 Å². The fraction of sp³-hybridized carbons (Fsp3) is 0.235. The number of fused-ring (bicyclic) bond motifs is 1. The van der Waals surface area contributed by atoms with Crippen LogP contribution in [0.25, 0.3) is 11.0 Å². The van der Waals surface area contributed by atoms with Gasteiger partial charge in [0, 0.05) is 16.1 Å². The molecule has 1 unspecified atom stereocenters. The fourth-order valence-electron chi connectivity index (χ4n) is 2.47. The molecule has 1 atom stereocenters. The van der Waals surface area contributed by atoms with Gasteiger partial charge in [0.2, 0.25) is 0 Å². The Labute approximate surface area is 132 Å². The molecule has 0 aliphatic carbocycles. The van der Waals surface area contributed by atoms with Gasteiger partial charge in [0.05, 0.1) is 5.69 Å². The first-order chi connectivity index (χ1) is 10.2. The molecule has 0 fully saturated rings. The maximum atomic E-state index is 6.02. The lowest BCUT2D eigenvalue weighted by molar-refractivity contribution is 0.470. The summed E-state index contributed by atoms with van der Waals surface area (Å²) in [4.78, 5) is 4.49. The van der Waals surface area contributed by atoms with Gasteiger partial charge in [-0.1, -0.05) is 18.6 Å². The molecular formula is C17H17BrN2O. The van der Waals surface area contributed by atoms with Crippen LogP contribution in [0.4, 0.5) is 0 Å². The molecule has 0 aliphatic rings. The number of aryl methyl sites for hydroxylation is 1. The molecule has 4 heteroatoms. The van der Waals surface area contributed by atoms with Gasteiger partial charge in [-0.2, -0.15) is 0 Å². The summed E-state index contributed by atoms with van der Waals surface area (Å²) in [6, 6.07) is 12.2. The first-order valence-electron chi connectivity index (χ1n) is 7.03. The zero-order chi connectivity index (χ0) is 14.8. The summed E-state index contributed by atoms with van der Waals surface area (Å²) in [5.41, 5.74) is 3.08. The van der Waals surface area contributed by atoms with Crippen molar-refractivity contribution < 1.29 is 4.42 Å². The quantitative estimate of drug-likeness (QED) is 0.751. The van der Waals surface area contributed by atoms with E-state index in [1.54, 1.807) is 6.20 Å². The van der Waals surface area contributed by atoms with Crippen molar-refractivity contribution in [3.63, 3.8) is 0 Å². The van der Waals surface area contributed by atoms with Gasteiger partial charge in [-0.05, 0) is 59.7 Å². The number of benzene rings is 1. The number of hydrogen-bond acceptors (Lipinski definition) is 3. The molecule has 3 nitrogen and oxygen atoms in total. The Morgan fingerprint density at radius 1 is 1.29 bits per heavy atom. The molecule has 0 radical (unpaired) electrons. The van der Waals surface area contributed by atoms with Crippen LogP contribution in [0.15, 0.2) is 51.5 Å². The molecule has 3 rings (SSSR count). The van der Waals surface area contributed by atoms with Crippen LogP contribution in [-0.2, 0) is 0 Å². The summed E-state index contributed by atoms with van der Waals surface area (Å²) in [5.74, 6) is 0.886. The van der Waals surface area contributed by atoms with Crippen molar-refractivity contribution >= 4 is 26.9 Å². The van der Waals surface area contributed by atoms with E-state index in [9.17, 15) is 0 Å². The van der Waals surface area contributed by atoms with E-state index in [4.69, 9.17) is 4.42 Å². The third kappa shape index (κ3) is 2.87. The Bertz CT molecular complexity index is 766. The van der Waals surface area contributed by atoms with Gasteiger partial charge in [0.25, 0.3) is 0 Å². The molecule has 0 saturated heterocycles. The number of aromatic nitrogens is 1. The molecule has 0 saturated carbocycles. The minimum atomic E-state index is -0.0571. The average Bonchev–Trinajstić information content (AvgIpc) is 2.88. The molecule has 0 bridgehead atoms. The zero-order valence-electron chi connectivity index (χ0n) is 12.1. The summed E-state index contributed by atoms with van der Waals surface area (Å²) < 4.78 is 7.00. The molecule has 1 aromatic carbocycles. The topological polar surface area (TPSA) is 38.1 Å². The minimum Gasteiger partial charge on any atom is -0.459 e. The number of pyridine rings is 1. The van der Waals surface area contributed by atoms with E-state index in [0.29, 0.717) is 0 Å². The van der Waals surface area contributed by atoms with E-state index in [2.05, 4.69) is 58.3 Å². The molecule has 0 amide bonds. The van der Waals surface area contributed by atoms with Gasteiger partial charge in [-0.25, -0.2) is 0 Å². The van der Waals surface area contributed by atoms with Crippen molar-refractivity contribution in [2.45, 2.75) is 19.9 Å². The lowest BCUT2D eigenvalue weighted by Gasteiger charge is -2.16. The van der Waals surface area contributed by atoms with Crippen LogP contribution in [0.5, 0.6) is 0 Å². The van der Waals surface area contributed by atoms with Gasteiger partial charge >= 0.3 is 0 Å². The summed E-state index contributed by atoms with van der Waals surface area (Å²) in [6.07, 6.45) is 1.80. The third-order valence-corrected chi connectivity index (χ3v) is 4.11. The van der Waals surface area contributed by atoms with Crippen LogP contribution in [-0.4, -0.2) is 11.5 Å². The van der Waals surface area contributed by atoms with Crippen molar-refractivity contribution in [2.24, 2.45) is 0 Å². The van der Waals surface area contributed by atoms with Crippen molar-refractivity contribution in [1.82, 2.24) is 10.3 Å². The molecule has 2 heterocycles. The molecule has 108 valence electrons. The van der Waals surface area contributed by atoms with E-state index < -0.39 is 0 Å². The maximum Gasteiger partial charge on any atom is 0.134 e. The summed E-state index contributed by atoms with van der Waals surface area (Å²) >= 11 is 3.58. The van der Waals surface area contributed by atoms with E-state index in [1.165, 1.54) is 5.56 Å². The largest absolute Gasteiger partial charge is 0.459 e. The molecule has 21 heavy (non-hydrogen) atoms. The van der Waals surface area contributed by atoms with Crippen LogP contribution in [0.2, 0.25) is 0 Å². The highest BCUT2D eigenvalue weighted by molar-refractivity contribution is 9.10. The third-order valence-electron chi connectivity index (χ3n) is 3.44. The van der Waals surface area contributed by atoms with Gasteiger partial charge in [-0.15, -0.1) is 0 Å². The van der Waals surface area contributed by atoms with Gasteiger partial charge in [-0.3, -0.25) is 4.98 Å². The average molecular weight is 345 g/mol. The molecule has 0 aliphatic heterocycles. The predicted octanol–water partition coefficient (Wildman–Crippen LogP) is 4.60. The number of furan rings is 1. The highest BCUT2D eigenvalue weighted by atomic mass is 79.9. The van der Waals surface area contributed by atoms with Gasteiger partial charge in [0.15, 0.2) is 0 Å². The lowest BCUT2D eigenvalue weighted by Crippen LogP contribution is -2.22. The van der Waals surface area contributed by atoms with Gasteiger partial charge < -0.3 is 9.73 Å². The first kappa shape index (κ1) is 14.3. The van der Waals surface area contributed by atoms with Crippen LogP contribution >= 0.6 is 15.9 Å². The highest BCUT2D eigenvalue weighted by Crippen LogP contribution is 2.31. The standard InChI is InChI=1S/C17H17BrN2O/c1-3-19-17(16-13(18)5-4-8-20-16)15-10-12-9-11(2)6-7-14(12)21-15/h4-10,17,19H,3H2,1-2H3. The van der Waals surface area contributed by atoms with Crippen LogP contribution in [0, 0.1) is 6.92 Å².